The van der Waals surface area contributed by atoms with E-state index in [0.717, 1.165) is 31.5 Å². The van der Waals surface area contributed by atoms with Crippen LogP contribution in [-0.4, -0.2) is 34.6 Å². The first-order valence-corrected chi connectivity index (χ1v) is 10.1. The largest absolute Gasteiger partial charge is 0.387 e. The van der Waals surface area contributed by atoms with Crippen LogP contribution in [0.1, 0.15) is 60.1 Å². The van der Waals surface area contributed by atoms with Gasteiger partial charge in [0, 0.05) is 12.7 Å². The number of aryl methyl sites for hydroxylation is 2. The van der Waals surface area contributed by atoms with Crippen molar-refractivity contribution in [3.8, 4) is 0 Å². The molecule has 3 nitrogen and oxygen atoms in total. The molecule has 1 N–H and O–H groups in total. The minimum absolute atomic E-state index is 0.400. The van der Waals surface area contributed by atoms with Gasteiger partial charge in [0.1, 0.15) is 0 Å². The highest BCUT2D eigenvalue weighted by Crippen LogP contribution is 2.33. The van der Waals surface area contributed by atoms with Gasteiger partial charge in [-0.1, -0.05) is 30.3 Å². The molecule has 1 saturated heterocycles. The van der Waals surface area contributed by atoms with E-state index in [2.05, 4.69) is 47.1 Å². The topological polar surface area (TPSA) is 36.4 Å². The number of likely N-dealkylation sites (tertiary alicyclic amines) is 1. The predicted molar refractivity (Wildman–Crippen MR) is 105 cm³/mol. The molecular weight excluding hydrogens is 320 g/mol. The maximum absolute atomic E-state index is 10.6. The lowest BCUT2D eigenvalue weighted by atomic mass is 9.86. The number of aromatic nitrogens is 1. The number of nitrogens with zero attached hydrogens (tertiary/aromatic N) is 2. The molecule has 0 bridgehead atoms. The van der Waals surface area contributed by atoms with Gasteiger partial charge in [-0.25, -0.2) is 0 Å². The summed E-state index contributed by atoms with van der Waals surface area (Å²) in [6.45, 7) is 5.71. The van der Waals surface area contributed by atoms with Crippen molar-refractivity contribution in [2.45, 2.75) is 51.0 Å². The Morgan fingerprint density at radius 2 is 1.88 bits per heavy atom. The van der Waals surface area contributed by atoms with Gasteiger partial charge in [0.2, 0.25) is 0 Å². The smallest absolute Gasteiger partial charge is 0.0965 e. The minimum atomic E-state index is -0.400. The van der Waals surface area contributed by atoms with Gasteiger partial charge in [0.15, 0.2) is 0 Å². The van der Waals surface area contributed by atoms with Crippen molar-refractivity contribution in [2.24, 2.45) is 5.92 Å². The minimum Gasteiger partial charge on any atom is -0.387 e. The molecule has 1 aromatic carbocycles. The first-order chi connectivity index (χ1) is 12.7. The number of piperidine rings is 1. The Balaban J connectivity index is 1.33. The Bertz CT molecular complexity index is 736. The molecule has 4 rings (SSSR count). The summed E-state index contributed by atoms with van der Waals surface area (Å²) in [5.41, 5.74) is 5.12. The van der Waals surface area contributed by atoms with Crippen molar-refractivity contribution in [2.75, 3.05) is 19.6 Å². The van der Waals surface area contributed by atoms with Crippen LogP contribution in [0.25, 0.3) is 0 Å². The zero-order chi connectivity index (χ0) is 17.9. The molecule has 0 radical (unpaired) electrons. The molecule has 2 aliphatic rings. The van der Waals surface area contributed by atoms with Gasteiger partial charge < -0.3 is 10.0 Å². The maximum Gasteiger partial charge on any atom is 0.0965 e. The fraction of sp³-hybridized carbons (Fsp3) is 0.522. The van der Waals surface area contributed by atoms with Crippen LogP contribution in [0.3, 0.4) is 0 Å². The number of aliphatic hydroxyl groups excluding tert-OH is 1. The molecule has 0 amide bonds. The molecular formula is C23H30N2O. The van der Waals surface area contributed by atoms with Crippen LogP contribution in [0.2, 0.25) is 0 Å². The zero-order valence-corrected chi connectivity index (χ0v) is 15.8. The number of pyridine rings is 1. The van der Waals surface area contributed by atoms with Crippen LogP contribution in [0, 0.1) is 12.8 Å². The summed E-state index contributed by atoms with van der Waals surface area (Å²) < 4.78 is 0. The van der Waals surface area contributed by atoms with Crippen molar-refractivity contribution < 1.29 is 5.11 Å². The second kappa shape index (κ2) is 7.89. The Labute approximate surface area is 157 Å². The SMILES string of the molecule is Cc1ccccc1C1CCN(C[C@H]2CCc3cccnc3[C@H](O)C2)CC1. The van der Waals surface area contributed by atoms with Gasteiger partial charge in [0.25, 0.3) is 0 Å². The quantitative estimate of drug-likeness (QED) is 0.841. The van der Waals surface area contributed by atoms with E-state index in [1.807, 2.05) is 6.07 Å². The molecule has 2 aromatic rings. The van der Waals surface area contributed by atoms with E-state index in [1.165, 1.54) is 37.1 Å². The Morgan fingerprint density at radius 3 is 2.69 bits per heavy atom. The van der Waals surface area contributed by atoms with Crippen LogP contribution in [0.5, 0.6) is 0 Å². The van der Waals surface area contributed by atoms with Crippen LogP contribution < -0.4 is 0 Å². The molecule has 1 fully saturated rings. The summed E-state index contributed by atoms with van der Waals surface area (Å²) in [6, 6.07) is 13.0. The van der Waals surface area contributed by atoms with Gasteiger partial charge in [-0.3, -0.25) is 4.98 Å². The summed E-state index contributed by atoms with van der Waals surface area (Å²) in [5.74, 6) is 1.27. The third kappa shape index (κ3) is 3.84. The Hall–Kier alpha value is -1.71. The molecule has 138 valence electrons. The van der Waals surface area contributed by atoms with Gasteiger partial charge >= 0.3 is 0 Å². The molecule has 0 unspecified atom stereocenters. The first-order valence-electron chi connectivity index (χ1n) is 10.1. The molecule has 0 saturated carbocycles. The monoisotopic (exact) mass is 350 g/mol. The molecule has 3 heteroatoms. The van der Waals surface area contributed by atoms with E-state index in [1.54, 1.807) is 11.8 Å². The van der Waals surface area contributed by atoms with E-state index < -0.39 is 6.10 Å². The van der Waals surface area contributed by atoms with Crippen LogP contribution in [-0.2, 0) is 6.42 Å². The van der Waals surface area contributed by atoms with Gasteiger partial charge in [-0.15, -0.1) is 0 Å². The van der Waals surface area contributed by atoms with Crippen molar-refractivity contribution in [3.05, 3.63) is 65.0 Å². The van der Waals surface area contributed by atoms with E-state index >= 15 is 0 Å². The Kier molecular flexibility index (Phi) is 5.37. The third-order valence-corrected chi connectivity index (χ3v) is 6.35. The predicted octanol–water partition coefficient (Wildman–Crippen LogP) is 4.26. The molecule has 2 heterocycles. The lowest BCUT2D eigenvalue weighted by Gasteiger charge is -2.35. The lowest BCUT2D eigenvalue weighted by Crippen LogP contribution is -2.37. The number of rotatable bonds is 3. The second-order valence-electron chi connectivity index (χ2n) is 8.14. The van der Waals surface area contributed by atoms with E-state index in [4.69, 9.17) is 0 Å². The van der Waals surface area contributed by atoms with Crippen molar-refractivity contribution in [1.29, 1.82) is 0 Å². The maximum atomic E-state index is 10.6. The number of aliphatic hydroxyl groups is 1. The summed E-state index contributed by atoms with van der Waals surface area (Å²) in [4.78, 5) is 7.05. The van der Waals surface area contributed by atoms with Crippen LogP contribution in [0.15, 0.2) is 42.6 Å². The fourth-order valence-electron chi connectivity index (χ4n) is 4.87. The van der Waals surface area contributed by atoms with Crippen molar-refractivity contribution in [1.82, 2.24) is 9.88 Å². The van der Waals surface area contributed by atoms with Gasteiger partial charge in [-0.2, -0.15) is 0 Å². The molecule has 2 atom stereocenters. The molecule has 26 heavy (non-hydrogen) atoms. The normalized spacial score (nSPS) is 24.8. The summed E-state index contributed by atoms with van der Waals surface area (Å²) in [7, 11) is 0. The van der Waals surface area contributed by atoms with Gasteiger partial charge in [-0.05, 0) is 86.7 Å². The fourth-order valence-corrected chi connectivity index (χ4v) is 4.87. The second-order valence-corrected chi connectivity index (χ2v) is 8.14. The van der Waals surface area contributed by atoms with Crippen molar-refractivity contribution >= 4 is 0 Å². The number of benzene rings is 1. The molecule has 0 spiro atoms. The molecule has 1 aromatic heterocycles. The van der Waals surface area contributed by atoms with Crippen molar-refractivity contribution in [3.63, 3.8) is 0 Å². The highest BCUT2D eigenvalue weighted by atomic mass is 16.3. The average Bonchev–Trinajstić information content (AvgIpc) is 2.82. The highest BCUT2D eigenvalue weighted by molar-refractivity contribution is 5.29. The first kappa shape index (κ1) is 17.7. The molecule has 1 aliphatic carbocycles. The Morgan fingerprint density at radius 1 is 1.08 bits per heavy atom. The average molecular weight is 351 g/mol. The number of hydrogen-bond donors (Lipinski definition) is 1. The highest BCUT2D eigenvalue weighted by Gasteiger charge is 2.27. The number of hydrogen-bond acceptors (Lipinski definition) is 3. The van der Waals surface area contributed by atoms with E-state index in [-0.39, 0.29) is 0 Å². The molecule has 1 aliphatic heterocycles. The summed E-state index contributed by atoms with van der Waals surface area (Å²) in [6.07, 6.45) is 6.96. The van der Waals surface area contributed by atoms with Crippen LogP contribution in [0.4, 0.5) is 0 Å². The zero-order valence-electron chi connectivity index (χ0n) is 15.8. The van der Waals surface area contributed by atoms with Gasteiger partial charge in [0.05, 0.1) is 11.8 Å². The van der Waals surface area contributed by atoms with E-state index in [9.17, 15) is 5.11 Å². The van der Waals surface area contributed by atoms with Crippen LogP contribution >= 0.6 is 0 Å². The number of fused-ring (bicyclic) bond motifs is 1. The van der Waals surface area contributed by atoms with E-state index in [0.29, 0.717) is 11.8 Å². The standard InChI is InChI=1S/C23H30N2O/c1-17-5-2-3-7-21(17)19-10-13-25(14-11-19)16-18-8-9-20-6-4-12-24-23(20)22(26)15-18/h2-7,12,18-19,22,26H,8-11,13-16H2,1H3/t18-,22+/m0/s1. The summed E-state index contributed by atoms with van der Waals surface area (Å²) in [5, 5.41) is 10.6. The summed E-state index contributed by atoms with van der Waals surface area (Å²) >= 11 is 0. The lowest BCUT2D eigenvalue weighted by molar-refractivity contribution is 0.114. The third-order valence-electron chi connectivity index (χ3n) is 6.35.